The van der Waals surface area contributed by atoms with Crippen molar-refractivity contribution in [2.24, 2.45) is 0 Å². The molecule has 0 saturated carbocycles. The van der Waals surface area contributed by atoms with Crippen LogP contribution >= 0.6 is 21.6 Å². The Labute approximate surface area is 146 Å². The summed E-state index contributed by atoms with van der Waals surface area (Å²) in [6.07, 6.45) is 0.272. The average molecular weight is 367 g/mol. The number of carbonyl (C=O) groups excluding carboxylic acids is 2. The molecule has 1 aromatic carbocycles. The highest BCUT2D eigenvalue weighted by Gasteiger charge is 2.07. The van der Waals surface area contributed by atoms with E-state index in [-0.39, 0.29) is 18.3 Å². The molecule has 1 N–H and O–H groups in total. The minimum absolute atomic E-state index is 0.0459. The van der Waals surface area contributed by atoms with Crippen molar-refractivity contribution in [3.63, 3.8) is 0 Å². The zero-order valence-corrected chi connectivity index (χ0v) is 14.7. The third-order valence-electron chi connectivity index (χ3n) is 2.86. The number of amides is 1. The van der Waals surface area contributed by atoms with Crippen molar-refractivity contribution in [1.82, 2.24) is 5.32 Å². The Balaban J connectivity index is 1.72. The Morgan fingerprint density at radius 3 is 2.71 bits per heavy atom. The lowest BCUT2D eigenvalue weighted by Crippen LogP contribution is -2.22. The molecule has 24 heavy (non-hydrogen) atoms. The zero-order valence-electron chi connectivity index (χ0n) is 13.1. The monoisotopic (exact) mass is 367 g/mol. The van der Waals surface area contributed by atoms with Crippen LogP contribution in [-0.4, -0.2) is 29.9 Å². The van der Waals surface area contributed by atoms with E-state index in [9.17, 15) is 14.4 Å². The molecule has 2 rings (SSSR count). The van der Waals surface area contributed by atoms with Gasteiger partial charge in [-0.1, -0.05) is 21.6 Å². The topological polar surface area (TPSA) is 85.6 Å². The smallest absolute Gasteiger partial charge is 0.336 e. The number of fused-ring (bicyclic) bond motifs is 1. The molecule has 0 radical (unpaired) electrons. The summed E-state index contributed by atoms with van der Waals surface area (Å²) in [5.41, 5.74) is -0.0608. The predicted octanol–water partition coefficient (Wildman–Crippen LogP) is 2.61. The number of nitrogens with one attached hydrogen (secondary N) is 1. The maximum atomic E-state index is 11.8. The first-order valence-electron chi connectivity index (χ1n) is 7.28. The van der Waals surface area contributed by atoms with Gasteiger partial charge < -0.3 is 14.5 Å². The van der Waals surface area contributed by atoms with E-state index in [1.165, 1.54) is 19.1 Å². The van der Waals surface area contributed by atoms with Crippen LogP contribution in [-0.2, 0) is 9.59 Å². The number of benzene rings is 1. The normalized spacial score (nSPS) is 10.5. The SMILES string of the molecule is CC(=O)NCCSSCCC(=O)Oc1ccc2ccc(=O)oc2c1. The Kier molecular flexibility index (Phi) is 7.20. The van der Waals surface area contributed by atoms with Crippen LogP contribution in [0.1, 0.15) is 13.3 Å². The maximum absolute atomic E-state index is 11.8. The molecule has 0 spiro atoms. The summed E-state index contributed by atoms with van der Waals surface area (Å²) in [6, 6.07) is 7.92. The number of ether oxygens (including phenoxy) is 1. The minimum atomic E-state index is -0.446. The number of hydrogen-bond acceptors (Lipinski definition) is 7. The van der Waals surface area contributed by atoms with E-state index >= 15 is 0 Å². The van der Waals surface area contributed by atoms with E-state index < -0.39 is 5.63 Å². The zero-order chi connectivity index (χ0) is 17.4. The van der Waals surface area contributed by atoms with Crippen LogP contribution in [0, 0.1) is 0 Å². The van der Waals surface area contributed by atoms with Gasteiger partial charge in [0.2, 0.25) is 5.91 Å². The summed E-state index contributed by atoms with van der Waals surface area (Å²) in [5, 5.41) is 3.46. The second-order valence-electron chi connectivity index (χ2n) is 4.81. The van der Waals surface area contributed by atoms with Gasteiger partial charge in [-0.15, -0.1) is 0 Å². The summed E-state index contributed by atoms with van der Waals surface area (Å²) in [6.45, 7) is 2.09. The van der Waals surface area contributed by atoms with Gasteiger partial charge in [0, 0.05) is 42.5 Å². The molecule has 1 aromatic heterocycles. The summed E-state index contributed by atoms with van der Waals surface area (Å²) in [5.74, 6) is 1.36. The van der Waals surface area contributed by atoms with Crippen molar-refractivity contribution in [1.29, 1.82) is 0 Å². The van der Waals surface area contributed by atoms with Gasteiger partial charge in [0.05, 0.1) is 6.42 Å². The van der Waals surface area contributed by atoms with Crippen molar-refractivity contribution in [3.05, 3.63) is 40.8 Å². The van der Waals surface area contributed by atoms with Crippen molar-refractivity contribution >= 4 is 44.4 Å². The van der Waals surface area contributed by atoms with E-state index in [1.54, 1.807) is 39.8 Å². The molecule has 0 unspecified atom stereocenters. The van der Waals surface area contributed by atoms with Gasteiger partial charge in [-0.05, 0) is 18.2 Å². The fraction of sp³-hybridized carbons (Fsp3) is 0.312. The quantitative estimate of drug-likeness (QED) is 0.252. The lowest BCUT2D eigenvalue weighted by molar-refractivity contribution is -0.133. The molecule has 0 saturated heterocycles. The Bertz CT molecular complexity index is 774. The van der Waals surface area contributed by atoms with E-state index in [4.69, 9.17) is 9.15 Å². The van der Waals surface area contributed by atoms with Crippen LogP contribution < -0.4 is 15.7 Å². The molecular formula is C16H17NO5S2. The van der Waals surface area contributed by atoms with Crippen molar-refractivity contribution in [2.75, 3.05) is 18.1 Å². The highest BCUT2D eigenvalue weighted by molar-refractivity contribution is 8.76. The summed E-state index contributed by atoms with van der Waals surface area (Å²) in [7, 11) is 3.14. The van der Waals surface area contributed by atoms with Gasteiger partial charge in [-0.2, -0.15) is 0 Å². The van der Waals surface area contributed by atoms with Crippen LogP contribution in [0.4, 0.5) is 0 Å². The molecule has 0 aliphatic heterocycles. The molecule has 2 aromatic rings. The summed E-state index contributed by atoms with van der Waals surface area (Å²) < 4.78 is 10.3. The molecule has 0 atom stereocenters. The predicted molar refractivity (Wildman–Crippen MR) is 96.3 cm³/mol. The van der Waals surface area contributed by atoms with Crippen LogP contribution in [0.25, 0.3) is 11.0 Å². The number of rotatable bonds is 8. The molecule has 1 heterocycles. The highest BCUT2D eigenvalue weighted by Crippen LogP contribution is 2.23. The van der Waals surface area contributed by atoms with E-state index in [0.29, 0.717) is 23.6 Å². The molecule has 0 aliphatic carbocycles. The molecular weight excluding hydrogens is 350 g/mol. The van der Waals surface area contributed by atoms with Gasteiger partial charge >= 0.3 is 11.6 Å². The third kappa shape index (κ3) is 6.29. The molecule has 1 amide bonds. The Morgan fingerprint density at radius 2 is 1.92 bits per heavy atom. The van der Waals surface area contributed by atoms with Crippen LogP contribution in [0.2, 0.25) is 0 Å². The molecule has 0 aliphatic rings. The fourth-order valence-electron chi connectivity index (χ4n) is 1.80. The van der Waals surface area contributed by atoms with Crippen LogP contribution in [0.5, 0.6) is 5.75 Å². The van der Waals surface area contributed by atoms with Crippen molar-refractivity contribution in [3.8, 4) is 5.75 Å². The summed E-state index contributed by atoms with van der Waals surface area (Å²) in [4.78, 5) is 33.7. The van der Waals surface area contributed by atoms with E-state index in [1.807, 2.05) is 0 Å². The van der Waals surface area contributed by atoms with Gasteiger partial charge in [0.15, 0.2) is 0 Å². The van der Waals surface area contributed by atoms with Crippen molar-refractivity contribution in [2.45, 2.75) is 13.3 Å². The van der Waals surface area contributed by atoms with Crippen LogP contribution in [0.15, 0.2) is 39.5 Å². The fourth-order valence-corrected chi connectivity index (χ4v) is 3.68. The number of hydrogen-bond donors (Lipinski definition) is 1. The first kappa shape index (κ1) is 18.4. The highest BCUT2D eigenvalue weighted by atomic mass is 33.1. The largest absolute Gasteiger partial charge is 0.426 e. The molecule has 6 nitrogen and oxygen atoms in total. The summed E-state index contributed by atoms with van der Waals surface area (Å²) >= 11 is 0. The molecule has 0 bridgehead atoms. The minimum Gasteiger partial charge on any atom is -0.426 e. The second-order valence-corrected chi connectivity index (χ2v) is 7.51. The maximum Gasteiger partial charge on any atom is 0.336 e. The second kappa shape index (κ2) is 9.39. The van der Waals surface area contributed by atoms with Crippen LogP contribution in [0.3, 0.4) is 0 Å². The Morgan fingerprint density at radius 1 is 1.17 bits per heavy atom. The average Bonchev–Trinajstić information content (AvgIpc) is 2.53. The lowest BCUT2D eigenvalue weighted by Gasteiger charge is -2.05. The van der Waals surface area contributed by atoms with Gasteiger partial charge in [0.25, 0.3) is 0 Å². The molecule has 8 heteroatoms. The first-order valence-corrected chi connectivity index (χ1v) is 9.77. The standard InChI is InChI=1S/C16H17NO5S2/c1-11(18)17-7-9-24-23-8-6-16(20)21-13-4-2-12-3-5-15(19)22-14(12)10-13/h2-5,10H,6-9H2,1H3,(H,17,18). The number of esters is 1. The third-order valence-corrected chi connectivity index (χ3v) is 5.27. The first-order chi connectivity index (χ1) is 11.5. The van der Waals surface area contributed by atoms with Gasteiger partial charge in [-0.25, -0.2) is 4.79 Å². The number of carbonyl (C=O) groups is 2. The lowest BCUT2D eigenvalue weighted by atomic mass is 10.2. The molecule has 128 valence electrons. The van der Waals surface area contributed by atoms with Crippen molar-refractivity contribution < 1.29 is 18.7 Å². The molecule has 0 fully saturated rings. The van der Waals surface area contributed by atoms with Gasteiger partial charge in [-0.3, -0.25) is 9.59 Å². The van der Waals surface area contributed by atoms with Gasteiger partial charge in [0.1, 0.15) is 11.3 Å². The van der Waals surface area contributed by atoms with E-state index in [2.05, 4.69) is 5.32 Å². The van der Waals surface area contributed by atoms with E-state index in [0.717, 1.165) is 11.1 Å². The Hall–Kier alpha value is -1.93.